The van der Waals surface area contributed by atoms with Crippen molar-refractivity contribution in [3.8, 4) is 16.9 Å². The quantitative estimate of drug-likeness (QED) is 0.488. The van der Waals surface area contributed by atoms with E-state index in [-0.39, 0.29) is 5.43 Å². The van der Waals surface area contributed by atoms with Crippen molar-refractivity contribution in [2.45, 2.75) is 18.8 Å². The van der Waals surface area contributed by atoms with Crippen molar-refractivity contribution in [3.63, 3.8) is 0 Å². The van der Waals surface area contributed by atoms with Crippen molar-refractivity contribution in [1.82, 2.24) is 4.98 Å². The Balaban J connectivity index is 1.41. The molecule has 3 nitrogen and oxygen atoms in total. The van der Waals surface area contributed by atoms with Gasteiger partial charge in [-0.2, -0.15) is 11.8 Å². The molecule has 2 heterocycles. The number of para-hydroxylation sites is 1. The van der Waals surface area contributed by atoms with Gasteiger partial charge in [0.25, 0.3) is 0 Å². The van der Waals surface area contributed by atoms with Crippen LogP contribution in [0, 0.1) is 0 Å². The molecule has 0 fully saturated rings. The van der Waals surface area contributed by atoms with E-state index in [0.29, 0.717) is 6.61 Å². The second-order valence-corrected chi connectivity index (χ2v) is 8.38. The van der Waals surface area contributed by atoms with E-state index in [9.17, 15) is 4.79 Å². The van der Waals surface area contributed by atoms with E-state index in [4.69, 9.17) is 4.74 Å². The summed E-state index contributed by atoms with van der Waals surface area (Å²) >= 11 is 1.83. The van der Waals surface area contributed by atoms with Crippen molar-refractivity contribution in [2.24, 2.45) is 0 Å². The van der Waals surface area contributed by atoms with Crippen LogP contribution in [0.1, 0.15) is 16.8 Å². The lowest BCUT2D eigenvalue weighted by Gasteiger charge is -2.16. The van der Waals surface area contributed by atoms with Crippen molar-refractivity contribution in [3.05, 3.63) is 99.8 Å². The number of pyridine rings is 1. The first-order chi connectivity index (χ1) is 14.3. The Morgan fingerprint density at radius 3 is 2.55 bits per heavy atom. The first-order valence-corrected chi connectivity index (χ1v) is 11.0. The van der Waals surface area contributed by atoms with Crippen molar-refractivity contribution in [2.75, 3.05) is 5.75 Å². The van der Waals surface area contributed by atoms with E-state index in [1.165, 1.54) is 0 Å². The minimum absolute atomic E-state index is 0.177. The predicted octanol–water partition coefficient (Wildman–Crippen LogP) is 5.56. The SMILES string of the molecule is O=c1c2c([nH]c3ccc(-c4ccc(COc5ccccc5)cc4)cc13)CCSC2. The van der Waals surface area contributed by atoms with Crippen molar-refractivity contribution >= 4 is 22.7 Å². The van der Waals surface area contributed by atoms with E-state index >= 15 is 0 Å². The lowest BCUT2D eigenvalue weighted by atomic mass is 10.00. The zero-order valence-corrected chi connectivity index (χ0v) is 16.8. The average Bonchev–Trinajstić information content (AvgIpc) is 2.79. The molecule has 0 bridgehead atoms. The summed E-state index contributed by atoms with van der Waals surface area (Å²) in [4.78, 5) is 16.5. The van der Waals surface area contributed by atoms with Crippen LogP contribution in [0.2, 0.25) is 0 Å². The second-order valence-electron chi connectivity index (χ2n) is 7.27. The second kappa shape index (κ2) is 7.80. The lowest BCUT2D eigenvalue weighted by Crippen LogP contribution is -2.18. The molecule has 0 radical (unpaired) electrons. The number of thioether (sulfide) groups is 1. The first kappa shape index (κ1) is 18.1. The molecule has 1 aliphatic heterocycles. The van der Waals surface area contributed by atoms with E-state index in [1.54, 1.807) is 0 Å². The molecule has 3 aromatic carbocycles. The minimum atomic E-state index is 0.177. The molecule has 0 unspecified atom stereocenters. The minimum Gasteiger partial charge on any atom is -0.489 e. The van der Waals surface area contributed by atoms with Gasteiger partial charge in [-0.25, -0.2) is 0 Å². The van der Waals surface area contributed by atoms with Gasteiger partial charge in [0, 0.05) is 27.9 Å². The summed E-state index contributed by atoms with van der Waals surface area (Å²) < 4.78 is 5.82. The molecule has 1 N–H and O–H groups in total. The number of benzene rings is 3. The zero-order valence-electron chi connectivity index (χ0n) is 16.0. The Bertz CT molecular complexity index is 1210. The van der Waals surface area contributed by atoms with Crippen LogP contribution in [0.4, 0.5) is 0 Å². The number of rotatable bonds is 4. The van der Waals surface area contributed by atoms with Crippen LogP contribution in [-0.4, -0.2) is 10.7 Å². The Labute approximate surface area is 173 Å². The number of ether oxygens (including phenoxy) is 1. The number of aromatic amines is 1. The predicted molar refractivity (Wildman–Crippen MR) is 121 cm³/mol. The molecule has 0 saturated heterocycles. The summed E-state index contributed by atoms with van der Waals surface area (Å²) in [6.07, 6.45) is 0.944. The summed E-state index contributed by atoms with van der Waals surface area (Å²) in [6, 6.07) is 24.3. The van der Waals surface area contributed by atoms with Crippen LogP contribution in [0.5, 0.6) is 5.75 Å². The van der Waals surface area contributed by atoms with Gasteiger partial charge in [0.2, 0.25) is 0 Å². The van der Waals surface area contributed by atoms with Crippen LogP contribution < -0.4 is 10.2 Å². The smallest absolute Gasteiger partial charge is 0.193 e. The van der Waals surface area contributed by atoms with Crippen LogP contribution in [0.3, 0.4) is 0 Å². The van der Waals surface area contributed by atoms with Gasteiger partial charge in [0.1, 0.15) is 12.4 Å². The van der Waals surface area contributed by atoms with E-state index in [2.05, 4.69) is 35.3 Å². The fraction of sp³-hybridized carbons (Fsp3) is 0.160. The standard InChI is InChI=1S/C25H21NO2S/c27-25-21-14-19(10-11-23(21)26-24-12-13-29-16-22(24)25)18-8-6-17(7-9-18)15-28-20-4-2-1-3-5-20/h1-11,14H,12-13,15-16H2,(H,26,27). The fourth-order valence-corrected chi connectivity index (χ4v) is 4.75. The van der Waals surface area contributed by atoms with Gasteiger partial charge in [0.15, 0.2) is 5.43 Å². The summed E-state index contributed by atoms with van der Waals surface area (Å²) in [5.41, 5.74) is 6.43. The van der Waals surface area contributed by atoms with Crippen LogP contribution in [0.25, 0.3) is 22.0 Å². The maximum absolute atomic E-state index is 13.0. The third-order valence-electron chi connectivity index (χ3n) is 5.37. The highest BCUT2D eigenvalue weighted by Gasteiger charge is 2.16. The van der Waals surface area contributed by atoms with Gasteiger partial charge in [-0.3, -0.25) is 4.79 Å². The zero-order chi connectivity index (χ0) is 19.6. The van der Waals surface area contributed by atoms with E-state index < -0.39 is 0 Å². The maximum atomic E-state index is 13.0. The largest absolute Gasteiger partial charge is 0.489 e. The normalized spacial score (nSPS) is 13.2. The number of aromatic nitrogens is 1. The average molecular weight is 400 g/mol. The third-order valence-corrected chi connectivity index (χ3v) is 6.35. The molecule has 29 heavy (non-hydrogen) atoms. The molecule has 4 aromatic rings. The summed E-state index contributed by atoms with van der Waals surface area (Å²) in [7, 11) is 0. The number of H-pyrrole nitrogens is 1. The molecule has 0 atom stereocenters. The molecule has 144 valence electrons. The summed E-state index contributed by atoms with van der Waals surface area (Å²) in [5, 5.41) is 0.778. The molecule has 0 spiro atoms. The molecule has 0 aliphatic carbocycles. The number of hydrogen-bond acceptors (Lipinski definition) is 3. The highest BCUT2D eigenvalue weighted by molar-refractivity contribution is 7.98. The number of nitrogens with one attached hydrogen (secondary N) is 1. The Kier molecular flexibility index (Phi) is 4.86. The van der Waals surface area contributed by atoms with Crippen molar-refractivity contribution < 1.29 is 4.74 Å². The Hall–Kier alpha value is -2.98. The Morgan fingerprint density at radius 2 is 1.72 bits per heavy atom. The molecule has 1 aliphatic rings. The van der Waals surface area contributed by atoms with Gasteiger partial charge >= 0.3 is 0 Å². The van der Waals surface area contributed by atoms with Crippen LogP contribution >= 0.6 is 11.8 Å². The molecule has 0 amide bonds. The van der Waals surface area contributed by atoms with E-state index in [1.807, 2.05) is 54.2 Å². The highest BCUT2D eigenvalue weighted by atomic mass is 32.2. The van der Waals surface area contributed by atoms with Gasteiger partial charge < -0.3 is 9.72 Å². The van der Waals surface area contributed by atoms with Gasteiger partial charge in [0.05, 0.1) is 0 Å². The van der Waals surface area contributed by atoms with Crippen molar-refractivity contribution in [1.29, 1.82) is 0 Å². The number of fused-ring (bicyclic) bond motifs is 2. The summed E-state index contributed by atoms with van der Waals surface area (Å²) in [5.74, 6) is 2.75. The van der Waals surface area contributed by atoms with E-state index in [0.717, 1.165) is 62.5 Å². The molecule has 1 aromatic heterocycles. The Morgan fingerprint density at radius 1 is 0.931 bits per heavy atom. The topological polar surface area (TPSA) is 42.1 Å². The molecule has 5 rings (SSSR count). The molecular formula is C25H21NO2S. The molecular weight excluding hydrogens is 378 g/mol. The lowest BCUT2D eigenvalue weighted by molar-refractivity contribution is 0.306. The van der Waals surface area contributed by atoms with Gasteiger partial charge in [-0.15, -0.1) is 0 Å². The fourth-order valence-electron chi connectivity index (χ4n) is 3.75. The monoisotopic (exact) mass is 399 g/mol. The number of aryl methyl sites for hydroxylation is 1. The number of hydrogen-bond donors (Lipinski definition) is 1. The van der Waals surface area contributed by atoms with Gasteiger partial charge in [-0.1, -0.05) is 48.5 Å². The molecule has 4 heteroatoms. The maximum Gasteiger partial charge on any atom is 0.193 e. The molecule has 0 saturated carbocycles. The van der Waals surface area contributed by atoms with Crippen LogP contribution in [-0.2, 0) is 18.8 Å². The van der Waals surface area contributed by atoms with Crippen LogP contribution in [0.15, 0.2) is 77.6 Å². The van der Waals surface area contributed by atoms with Gasteiger partial charge in [-0.05, 0) is 53.1 Å². The highest BCUT2D eigenvalue weighted by Crippen LogP contribution is 2.27. The third kappa shape index (κ3) is 3.68. The first-order valence-electron chi connectivity index (χ1n) is 9.81. The summed E-state index contributed by atoms with van der Waals surface area (Å²) in [6.45, 7) is 0.533.